The highest BCUT2D eigenvalue weighted by atomic mass is 16.4. The highest BCUT2D eigenvalue weighted by molar-refractivity contribution is 5.84. The van der Waals surface area contributed by atoms with Gasteiger partial charge in [-0.05, 0) is 26.4 Å². The molecule has 0 aromatic heterocycles. The standard InChI is InChI=1S/C12H24N4O6/c1-13-6(11(21)22)3-2-4-14-12-15-8(10(20)16-12)9(19)7(18)5-17/h6-9,12-15,17-19H,2-5H2,1H3,(H,16,20)(H,21,22)/t6-,7?,8?,9?,12?/m0/s1. The zero-order chi connectivity index (χ0) is 16.7. The number of aliphatic carboxylic acids is 1. The van der Waals surface area contributed by atoms with Crippen molar-refractivity contribution in [3.05, 3.63) is 0 Å². The van der Waals surface area contributed by atoms with Gasteiger partial charge in [0.2, 0.25) is 5.91 Å². The van der Waals surface area contributed by atoms with Crippen LogP contribution in [0.2, 0.25) is 0 Å². The van der Waals surface area contributed by atoms with Gasteiger partial charge < -0.3 is 31.1 Å². The number of carbonyl (C=O) groups is 2. The molecule has 1 aliphatic rings. The third kappa shape index (κ3) is 5.16. The first-order valence-corrected chi connectivity index (χ1v) is 7.07. The van der Waals surface area contributed by atoms with E-state index in [9.17, 15) is 19.8 Å². The maximum Gasteiger partial charge on any atom is 0.320 e. The van der Waals surface area contributed by atoms with Crippen LogP contribution in [0.4, 0.5) is 0 Å². The van der Waals surface area contributed by atoms with Crippen molar-refractivity contribution in [2.45, 2.75) is 43.4 Å². The lowest BCUT2D eigenvalue weighted by atomic mass is 10.1. The van der Waals surface area contributed by atoms with E-state index in [2.05, 4.69) is 21.3 Å². The third-order valence-corrected chi connectivity index (χ3v) is 3.50. The van der Waals surface area contributed by atoms with Crippen molar-refractivity contribution >= 4 is 11.9 Å². The van der Waals surface area contributed by atoms with Crippen LogP contribution in [0.25, 0.3) is 0 Å². The van der Waals surface area contributed by atoms with Gasteiger partial charge >= 0.3 is 5.97 Å². The lowest BCUT2D eigenvalue weighted by Crippen LogP contribution is -2.51. The van der Waals surface area contributed by atoms with Gasteiger partial charge in [0.1, 0.15) is 30.6 Å². The van der Waals surface area contributed by atoms with E-state index in [1.165, 1.54) is 0 Å². The fourth-order valence-electron chi connectivity index (χ4n) is 2.17. The van der Waals surface area contributed by atoms with Crippen molar-refractivity contribution in [1.82, 2.24) is 21.3 Å². The minimum absolute atomic E-state index is 0.425. The van der Waals surface area contributed by atoms with Crippen molar-refractivity contribution in [2.24, 2.45) is 0 Å². The SMILES string of the molecule is CN[C@@H](CCCNC1NC(=O)C(C(O)C(O)CO)N1)C(=O)O. The Kier molecular flexibility index (Phi) is 7.65. The zero-order valence-electron chi connectivity index (χ0n) is 12.3. The van der Waals surface area contributed by atoms with Crippen LogP contribution < -0.4 is 21.3 Å². The molecule has 128 valence electrons. The molecule has 1 aliphatic heterocycles. The third-order valence-electron chi connectivity index (χ3n) is 3.50. The van der Waals surface area contributed by atoms with Crippen molar-refractivity contribution in [2.75, 3.05) is 20.2 Å². The Hall–Kier alpha value is -1.30. The molecule has 0 aliphatic carbocycles. The number of carboxylic acids is 1. The summed E-state index contributed by atoms with van der Waals surface area (Å²) in [5.41, 5.74) is 0. The fourth-order valence-corrected chi connectivity index (χ4v) is 2.17. The Bertz CT molecular complexity index is 383. The van der Waals surface area contributed by atoms with E-state index in [-0.39, 0.29) is 0 Å². The van der Waals surface area contributed by atoms with Crippen LogP contribution in [0, 0.1) is 0 Å². The zero-order valence-corrected chi connectivity index (χ0v) is 12.3. The maximum atomic E-state index is 11.7. The second-order valence-corrected chi connectivity index (χ2v) is 5.10. The van der Waals surface area contributed by atoms with Gasteiger partial charge in [-0.3, -0.25) is 20.2 Å². The summed E-state index contributed by atoms with van der Waals surface area (Å²) in [6.07, 6.45) is -2.42. The number of rotatable bonds is 10. The van der Waals surface area contributed by atoms with Crippen molar-refractivity contribution in [1.29, 1.82) is 0 Å². The van der Waals surface area contributed by atoms with E-state index in [0.717, 1.165) is 0 Å². The number of hydrogen-bond donors (Lipinski definition) is 8. The van der Waals surface area contributed by atoms with Crippen molar-refractivity contribution in [3.63, 3.8) is 0 Å². The molecule has 0 saturated carbocycles. The summed E-state index contributed by atoms with van der Waals surface area (Å²) < 4.78 is 0. The monoisotopic (exact) mass is 320 g/mol. The first-order chi connectivity index (χ1) is 10.4. The fraction of sp³-hybridized carbons (Fsp3) is 0.833. The van der Waals surface area contributed by atoms with E-state index in [0.29, 0.717) is 19.4 Å². The molecule has 0 radical (unpaired) electrons. The van der Waals surface area contributed by atoms with Crippen LogP contribution in [-0.4, -0.2) is 83.1 Å². The largest absolute Gasteiger partial charge is 0.480 e. The van der Waals surface area contributed by atoms with Gasteiger partial charge in [-0.2, -0.15) is 0 Å². The van der Waals surface area contributed by atoms with Gasteiger partial charge in [-0.25, -0.2) is 0 Å². The Morgan fingerprint density at radius 2 is 2.09 bits per heavy atom. The first kappa shape index (κ1) is 18.7. The van der Waals surface area contributed by atoms with Crippen LogP contribution in [-0.2, 0) is 9.59 Å². The van der Waals surface area contributed by atoms with E-state index < -0.39 is 49.1 Å². The summed E-state index contributed by atoms with van der Waals surface area (Å²) in [6, 6.07) is -1.65. The number of carboxylic acid groups (broad SMARTS) is 1. The van der Waals surface area contributed by atoms with Crippen LogP contribution in [0.1, 0.15) is 12.8 Å². The predicted octanol–water partition coefficient (Wildman–Crippen LogP) is -3.89. The Morgan fingerprint density at radius 1 is 1.41 bits per heavy atom. The topological polar surface area (TPSA) is 163 Å². The number of carbonyl (C=O) groups excluding carboxylic acids is 1. The average Bonchev–Trinajstić information content (AvgIpc) is 2.86. The van der Waals surface area contributed by atoms with E-state index in [1.807, 2.05) is 0 Å². The Labute approximate surface area is 127 Å². The minimum atomic E-state index is -1.42. The molecule has 10 heteroatoms. The molecule has 22 heavy (non-hydrogen) atoms. The van der Waals surface area contributed by atoms with Gasteiger partial charge in [-0.1, -0.05) is 0 Å². The normalized spacial score (nSPS) is 25.5. The molecule has 10 nitrogen and oxygen atoms in total. The molecule has 1 fully saturated rings. The highest BCUT2D eigenvalue weighted by Gasteiger charge is 2.38. The van der Waals surface area contributed by atoms with Crippen LogP contribution in [0.3, 0.4) is 0 Å². The minimum Gasteiger partial charge on any atom is -0.480 e. The first-order valence-electron chi connectivity index (χ1n) is 7.07. The molecular weight excluding hydrogens is 296 g/mol. The van der Waals surface area contributed by atoms with Gasteiger partial charge in [-0.15, -0.1) is 0 Å². The summed E-state index contributed by atoms with van der Waals surface area (Å²) in [6.45, 7) is -0.194. The molecule has 1 saturated heterocycles. The lowest BCUT2D eigenvalue weighted by Gasteiger charge is -2.21. The van der Waals surface area contributed by atoms with Gasteiger partial charge in [0.05, 0.1) is 6.61 Å². The van der Waals surface area contributed by atoms with Gasteiger partial charge in [0.25, 0.3) is 0 Å². The van der Waals surface area contributed by atoms with Crippen LogP contribution >= 0.6 is 0 Å². The highest BCUT2D eigenvalue weighted by Crippen LogP contribution is 2.06. The second kappa shape index (κ2) is 8.98. The van der Waals surface area contributed by atoms with E-state index in [4.69, 9.17) is 10.2 Å². The Morgan fingerprint density at radius 3 is 2.64 bits per heavy atom. The average molecular weight is 320 g/mol. The van der Waals surface area contributed by atoms with Crippen molar-refractivity contribution in [3.8, 4) is 0 Å². The molecular formula is C12H24N4O6. The summed E-state index contributed by atoms with van der Waals surface area (Å²) in [5, 5.41) is 47.6. The maximum absolute atomic E-state index is 11.7. The smallest absolute Gasteiger partial charge is 0.320 e. The summed E-state index contributed by atoms with van der Waals surface area (Å²) in [5.74, 6) is -1.41. The number of likely N-dealkylation sites (N-methyl/N-ethyl adjacent to an activating group) is 1. The summed E-state index contributed by atoms with van der Waals surface area (Å²) in [4.78, 5) is 22.5. The number of amides is 1. The number of aliphatic hydroxyl groups excluding tert-OH is 3. The summed E-state index contributed by atoms with van der Waals surface area (Å²) >= 11 is 0. The van der Waals surface area contributed by atoms with E-state index >= 15 is 0 Å². The quantitative estimate of drug-likeness (QED) is 0.188. The predicted molar refractivity (Wildman–Crippen MR) is 75.7 cm³/mol. The molecule has 1 amide bonds. The second-order valence-electron chi connectivity index (χ2n) is 5.10. The molecule has 0 bridgehead atoms. The van der Waals surface area contributed by atoms with E-state index in [1.54, 1.807) is 7.05 Å². The molecule has 0 aromatic carbocycles. The molecule has 8 N–H and O–H groups in total. The van der Waals surface area contributed by atoms with Crippen LogP contribution in [0.5, 0.6) is 0 Å². The van der Waals surface area contributed by atoms with Gasteiger partial charge in [0.15, 0.2) is 0 Å². The van der Waals surface area contributed by atoms with Gasteiger partial charge in [0, 0.05) is 0 Å². The molecule has 4 unspecified atom stereocenters. The molecule has 1 rings (SSSR count). The molecule has 5 atom stereocenters. The molecule has 0 aromatic rings. The number of aliphatic hydroxyl groups is 3. The Balaban J connectivity index is 2.31. The number of nitrogens with one attached hydrogen (secondary N) is 4. The number of hydrogen-bond acceptors (Lipinski definition) is 8. The van der Waals surface area contributed by atoms with Crippen molar-refractivity contribution < 1.29 is 30.0 Å². The lowest BCUT2D eigenvalue weighted by molar-refractivity contribution is -0.139. The molecule has 0 spiro atoms. The molecule has 1 heterocycles. The van der Waals surface area contributed by atoms with Crippen LogP contribution in [0.15, 0.2) is 0 Å². The summed E-state index contributed by atoms with van der Waals surface area (Å²) in [7, 11) is 1.57.